The number of hydrogen-bond acceptors (Lipinski definition) is 4. The summed E-state index contributed by atoms with van der Waals surface area (Å²) in [6, 6.07) is 17.8. The summed E-state index contributed by atoms with van der Waals surface area (Å²) in [4.78, 5) is 25.9. The molecule has 0 radical (unpaired) electrons. The smallest absolute Gasteiger partial charge is 0.416 e. The maximum Gasteiger partial charge on any atom is 0.416 e. The van der Waals surface area contributed by atoms with Gasteiger partial charge < -0.3 is 4.74 Å². The van der Waals surface area contributed by atoms with Crippen LogP contribution in [0.25, 0.3) is 21.9 Å². The van der Waals surface area contributed by atoms with Gasteiger partial charge in [-0.2, -0.15) is 13.2 Å². The number of hydrogen-bond donors (Lipinski definition) is 0. The van der Waals surface area contributed by atoms with Gasteiger partial charge >= 0.3 is 12.1 Å². The highest BCUT2D eigenvalue weighted by atomic mass is 79.9. The van der Waals surface area contributed by atoms with Gasteiger partial charge in [0, 0.05) is 17.7 Å². The second-order valence-electron chi connectivity index (χ2n) is 8.39. The highest BCUT2D eigenvalue weighted by Gasteiger charge is 2.36. The zero-order valence-electron chi connectivity index (χ0n) is 18.9. The van der Waals surface area contributed by atoms with Crippen molar-refractivity contribution in [2.24, 2.45) is 0 Å². The Morgan fingerprint density at radius 3 is 2.58 bits per heavy atom. The lowest BCUT2D eigenvalue weighted by Crippen LogP contribution is -2.31. The summed E-state index contributed by atoms with van der Waals surface area (Å²) in [5.41, 5.74) is 1.11. The predicted octanol–water partition coefficient (Wildman–Crippen LogP) is 6.86. The standard InChI is InChI=1S/C27H19BrF3NO3S/c1-35-26(34)21-14-36-25-22(17-9-5-10-18(12-17)27(29,30)31)20(23(28)24(33)32(21)25)13-16-8-4-7-15-6-2-3-11-19(15)16/h2-12,21H,13-14H2,1H3. The van der Waals surface area contributed by atoms with Gasteiger partial charge in [-0.25, -0.2) is 4.79 Å². The average molecular weight is 574 g/mol. The van der Waals surface area contributed by atoms with Crippen LogP contribution in [0, 0.1) is 0 Å². The largest absolute Gasteiger partial charge is 0.467 e. The van der Waals surface area contributed by atoms with E-state index >= 15 is 0 Å². The third-order valence-corrected chi connectivity index (χ3v) is 8.27. The highest BCUT2D eigenvalue weighted by molar-refractivity contribution is 9.10. The molecule has 184 valence electrons. The third kappa shape index (κ3) is 4.24. The number of esters is 1. The second-order valence-corrected chi connectivity index (χ2v) is 10.2. The number of methoxy groups -OCH3 is 1. The lowest BCUT2D eigenvalue weighted by atomic mass is 9.93. The number of fused-ring (bicyclic) bond motifs is 2. The van der Waals surface area contributed by atoms with Gasteiger partial charge in [0.1, 0.15) is 6.04 Å². The molecule has 0 aliphatic carbocycles. The first-order valence-electron chi connectivity index (χ1n) is 11.0. The van der Waals surface area contributed by atoms with E-state index in [1.165, 1.54) is 29.5 Å². The molecule has 0 spiro atoms. The van der Waals surface area contributed by atoms with E-state index in [9.17, 15) is 22.8 Å². The van der Waals surface area contributed by atoms with Crippen LogP contribution in [0.2, 0.25) is 0 Å². The molecule has 1 atom stereocenters. The Hall–Kier alpha value is -3.04. The minimum absolute atomic E-state index is 0.211. The Morgan fingerprint density at radius 1 is 1.11 bits per heavy atom. The van der Waals surface area contributed by atoms with E-state index in [4.69, 9.17) is 4.74 Å². The number of rotatable bonds is 4. The maximum atomic E-state index is 13.6. The number of pyridine rings is 1. The molecule has 3 aromatic carbocycles. The van der Waals surface area contributed by atoms with E-state index < -0.39 is 29.3 Å². The Balaban J connectivity index is 1.79. The van der Waals surface area contributed by atoms with E-state index in [1.54, 1.807) is 6.07 Å². The van der Waals surface area contributed by atoms with Crippen LogP contribution in [0.5, 0.6) is 0 Å². The normalized spacial score (nSPS) is 15.2. The van der Waals surface area contributed by atoms with E-state index in [2.05, 4.69) is 15.9 Å². The van der Waals surface area contributed by atoms with Gasteiger partial charge in [-0.1, -0.05) is 54.6 Å². The monoisotopic (exact) mass is 573 g/mol. The number of carbonyl (C=O) groups is 1. The second kappa shape index (κ2) is 9.44. The van der Waals surface area contributed by atoms with Gasteiger partial charge in [-0.05, 0) is 55.5 Å². The van der Waals surface area contributed by atoms with Crippen molar-refractivity contribution in [2.75, 3.05) is 12.9 Å². The van der Waals surface area contributed by atoms with E-state index in [-0.39, 0.29) is 10.2 Å². The molecular weight excluding hydrogens is 555 g/mol. The lowest BCUT2D eigenvalue weighted by molar-refractivity contribution is -0.144. The van der Waals surface area contributed by atoms with Gasteiger partial charge in [0.15, 0.2) is 0 Å². The summed E-state index contributed by atoms with van der Waals surface area (Å²) in [5.74, 6) is -0.329. The molecule has 1 aliphatic rings. The summed E-state index contributed by atoms with van der Waals surface area (Å²) in [5, 5.41) is 2.46. The van der Waals surface area contributed by atoms with Crippen LogP contribution in [0.4, 0.5) is 13.2 Å². The van der Waals surface area contributed by atoms with Crippen LogP contribution in [0.15, 0.2) is 81.0 Å². The van der Waals surface area contributed by atoms with Gasteiger partial charge in [0.2, 0.25) is 0 Å². The van der Waals surface area contributed by atoms with E-state index in [0.29, 0.717) is 28.1 Å². The summed E-state index contributed by atoms with van der Waals surface area (Å²) >= 11 is 4.71. The Labute approximate surface area is 217 Å². The van der Waals surface area contributed by atoms with Gasteiger partial charge in [-0.3, -0.25) is 9.36 Å². The molecule has 1 unspecified atom stereocenters. The van der Waals surface area contributed by atoms with Crippen LogP contribution in [-0.2, 0) is 22.1 Å². The number of ether oxygens (including phenoxy) is 1. The number of thioether (sulfide) groups is 1. The summed E-state index contributed by atoms with van der Waals surface area (Å²) in [6.07, 6.45) is -4.22. The number of benzene rings is 3. The summed E-state index contributed by atoms with van der Waals surface area (Å²) in [6.45, 7) is 0. The fourth-order valence-corrected chi connectivity index (χ4v) is 6.47. The molecule has 0 N–H and O–H groups in total. The van der Waals surface area contributed by atoms with Crippen LogP contribution < -0.4 is 5.56 Å². The SMILES string of the molecule is COC(=O)C1CSc2c(-c3cccc(C(F)(F)F)c3)c(Cc3cccc4ccccc34)c(Br)c(=O)n21. The van der Waals surface area contributed by atoms with Crippen molar-refractivity contribution >= 4 is 44.4 Å². The topological polar surface area (TPSA) is 48.3 Å². The number of aromatic nitrogens is 1. The van der Waals surface area contributed by atoms with Crippen molar-refractivity contribution in [3.8, 4) is 11.1 Å². The molecule has 0 saturated carbocycles. The van der Waals surface area contributed by atoms with Crippen LogP contribution >= 0.6 is 27.7 Å². The first-order valence-corrected chi connectivity index (χ1v) is 12.8. The fourth-order valence-electron chi connectivity index (χ4n) is 4.60. The molecule has 4 aromatic rings. The van der Waals surface area contributed by atoms with Crippen molar-refractivity contribution in [1.82, 2.24) is 4.57 Å². The van der Waals surface area contributed by atoms with Gasteiger partial charge in [0.25, 0.3) is 5.56 Å². The number of alkyl halides is 3. The third-order valence-electron chi connectivity index (χ3n) is 6.29. The fraction of sp³-hybridized carbons (Fsp3) is 0.185. The van der Waals surface area contributed by atoms with E-state index in [0.717, 1.165) is 28.5 Å². The average Bonchev–Trinajstić information content (AvgIpc) is 3.31. The minimum Gasteiger partial charge on any atom is -0.467 e. The Morgan fingerprint density at radius 2 is 1.83 bits per heavy atom. The maximum absolute atomic E-state index is 13.6. The van der Waals surface area contributed by atoms with Crippen molar-refractivity contribution < 1.29 is 22.7 Å². The molecular formula is C27H19BrF3NO3S. The Bertz CT molecular complexity index is 1560. The first kappa shape index (κ1) is 24.6. The van der Waals surface area contributed by atoms with Crippen molar-refractivity contribution in [1.29, 1.82) is 0 Å². The van der Waals surface area contributed by atoms with Gasteiger partial charge in [0.05, 0.1) is 22.2 Å². The minimum atomic E-state index is -4.53. The molecule has 36 heavy (non-hydrogen) atoms. The van der Waals surface area contributed by atoms with Crippen LogP contribution in [0.3, 0.4) is 0 Å². The van der Waals surface area contributed by atoms with E-state index in [1.807, 2.05) is 42.5 Å². The van der Waals surface area contributed by atoms with Crippen molar-refractivity contribution in [3.05, 3.63) is 98.2 Å². The zero-order chi connectivity index (χ0) is 25.6. The number of halogens is 4. The number of nitrogens with zero attached hydrogens (tertiary/aromatic N) is 1. The molecule has 9 heteroatoms. The first-order chi connectivity index (χ1) is 17.2. The quantitative estimate of drug-likeness (QED) is 0.250. The van der Waals surface area contributed by atoms with Crippen LogP contribution in [-0.4, -0.2) is 23.4 Å². The Kier molecular flexibility index (Phi) is 6.46. The molecule has 0 fully saturated rings. The number of carbonyl (C=O) groups excluding carboxylic acids is 1. The molecule has 0 bridgehead atoms. The molecule has 0 amide bonds. The molecule has 2 heterocycles. The lowest BCUT2D eigenvalue weighted by Gasteiger charge is -2.20. The molecule has 5 rings (SSSR count). The predicted molar refractivity (Wildman–Crippen MR) is 137 cm³/mol. The molecule has 1 aromatic heterocycles. The highest BCUT2D eigenvalue weighted by Crippen LogP contribution is 2.45. The van der Waals surface area contributed by atoms with Crippen molar-refractivity contribution in [3.63, 3.8) is 0 Å². The van der Waals surface area contributed by atoms with Gasteiger partial charge in [-0.15, -0.1) is 11.8 Å². The molecule has 4 nitrogen and oxygen atoms in total. The summed E-state index contributed by atoms with van der Waals surface area (Å²) in [7, 11) is 1.24. The van der Waals surface area contributed by atoms with Crippen LogP contribution in [0.1, 0.15) is 22.7 Å². The zero-order valence-corrected chi connectivity index (χ0v) is 21.3. The summed E-state index contributed by atoms with van der Waals surface area (Å²) < 4.78 is 47.3. The molecule has 0 saturated heterocycles. The molecule has 1 aliphatic heterocycles. The van der Waals surface area contributed by atoms with Crippen molar-refractivity contribution in [2.45, 2.75) is 23.7 Å².